The van der Waals surface area contributed by atoms with Crippen LogP contribution >= 0.6 is 12.4 Å². The molecular formula is C9H11ClFN. The molecule has 0 saturated heterocycles. The summed E-state index contributed by atoms with van der Waals surface area (Å²) in [5.41, 5.74) is 6.67. The topological polar surface area (TPSA) is 26.0 Å². The fraction of sp³-hybridized carbons (Fsp3) is 0.333. The molecule has 1 aromatic rings. The van der Waals surface area contributed by atoms with Crippen LogP contribution in [0.25, 0.3) is 0 Å². The van der Waals surface area contributed by atoms with Crippen molar-refractivity contribution in [3.8, 4) is 0 Å². The summed E-state index contributed by atoms with van der Waals surface area (Å²) in [6.07, 6.45) is 1.00. The van der Waals surface area contributed by atoms with Gasteiger partial charge in [0.15, 0.2) is 0 Å². The normalized spacial score (nSPS) is 26.2. The molecule has 1 aliphatic rings. The molecule has 12 heavy (non-hydrogen) atoms. The van der Waals surface area contributed by atoms with Crippen LogP contribution in [0.15, 0.2) is 24.3 Å². The van der Waals surface area contributed by atoms with E-state index in [2.05, 4.69) is 0 Å². The summed E-state index contributed by atoms with van der Waals surface area (Å²) in [5, 5.41) is 0. The van der Waals surface area contributed by atoms with Crippen molar-refractivity contribution in [1.29, 1.82) is 0 Å². The van der Waals surface area contributed by atoms with Gasteiger partial charge in [0.1, 0.15) is 5.82 Å². The van der Waals surface area contributed by atoms with Crippen molar-refractivity contribution in [2.75, 3.05) is 0 Å². The Bertz CT molecular complexity index is 277. The summed E-state index contributed by atoms with van der Waals surface area (Å²) in [6.45, 7) is 0. The molecule has 3 heteroatoms. The van der Waals surface area contributed by atoms with E-state index in [0.717, 1.165) is 12.0 Å². The Morgan fingerprint density at radius 3 is 2.58 bits per heavy atom. The van der Waals surface area contributed by atoms with Crippen LogP contribution in [0.3, 0.4) is 0 Å². The Labute approximate surface area is 77.2 Å². The lowest BCUT2D eigenvalue weighted by atomic mass is 10.1. The molecule has 2 atom stereocenters. The molecule has 0 radical (unpaired) electrons. The highest BCUT2D eigenvalue weighted by Gasteiger charge is 2.34. The molecule has 2 unspecified atom stereocenters. The molecule has 2 rings (SSSR count). The third kappa shape index (κ3) is 1.76. The van der Waals surface area contributed by atoms with Gasteiger partial charge in [-0.05, 0) is 24.1 Å². The molecule has 0 aromatic heterocycles. The maximum Gasteiger partial charge on any atom is 0.123 e. The summed E-state index contributed by atoms with van der Waals surface area (Å²) < 4.78 is 12.6. The first-order chi connectivity index (χ1) is 5.27. The first kappa shape index (κ1) is 9.49. The molecule has 2 N–H and O–H groups in total. The van der Waals surface area contributed by atoms with E-state index in [-0.39, 0.29) is 24.3 Å². The van der Waals surface area contributed by atoms with Crippen molar-refractivity contribution in [2.45, 2.75) is 18.4 Å². The van der Waals surface area contributed by atoms with E-state index < -0.39 is 0 Å². The minimum atomic E-state index is -0.165. The van der Waals surface area contributed by atoms with Crippen LogP contribution in [0.4, 0.5) is 4.39 Å². The van der Waals surface area contributed by atoms with E-state index in [1.165, 1.54) is 6.07 Å². The summed E-state index contributed by atoms with van der Waals surface area (Å²) in [6, 6.07) is 6.95. The van der Waals surface area contributed by atoms with Crippen molar-refractivity contribution >= 4 is 12.4 Å². The molecular weight excluding hydrogens is 177 g/mol. The number of hydrogen-bond acceptors (Lipinski definition) is 1. The van der Waals surface area contributed by atoms with Gasteiger partial charge in [0.25, 0.3) is 0 Å². The van der Waals surface area contributed by atoms with E-state index in [1.54, 1.807) is 12.1 Å². The molecule has 1 aliphatic carbocycles. The third-order valence-corrected chi connectivity index (χ3v) is 2.12. The lowest BCUT2D eigenvalue weighted by molar-refractivity contribution is 0.625. The molecule has 0 aliphatic heterocycles. The number of hydrogen-bond donors (Lipinski definition) is 1. The Morgan fingerprint density at radius 1 is 1.42 bits per heavy atom. The Hall–Kier alpha value is -0.600. The quantitative estimate of drug-likeness (QED) is 0.716. The molecule has 0 heterocycles. The number of halogens is 2. The average Bonchev–Trinajstić information content (AvgIpc) is 2.67. The molecule has 1 saturated carbocycles. The lowest BCUT2D eigenvalue weighted by Gasteiger charge is -1.96. The van der Waals surface area contributed by atoms with Gasteiger partial charge >= 0.3 is 0 Å². The standard InChI is InChI=1S/C9H10FN.ClH/c10-7-3-1-2-6(4-7)8-5-9(8)11;/h1-4,8-9H,5,11H2;1H. The molecule has 1 aromatic carbocycles. The van der Waals surface area contributed by atoms with Gasteiger partial charge < -0.3 is 5.73 Å². The second-order valence-corrected chi connectivity index (χ2v) is 3.06. The van der Waals surface area contributed by atoms with Gasteiger partial charge in [-0.1, -0.05) is 12.1 Å². The SMILES string of the molecule is Cl.NC1CC1c1cccc(F)c1. The molecule has 66 valence electrons. The van der Waals surface area contributed by atoms with Crippen LogP contribution in [-0.4, -0.2) is 6.04 Å². The first-order valence-electron chi connectivity index (χ1n) is 3.78. The molecule has 0 spiro atoms. The summed E-state index contributed by atoms with van der Waals surface area (Å²) >= 11 is 0. The largest absolute Gasteiger partial charge is 0.327 e. The summed E-state index contributed by atoms with van der Waals surface area (Å²) in [5.74, 6) is 0.243. The van der Waals surface area contributed by atoms with Crippen molar-refractivity contribution < 1.29 is 4.39 Å². The zero-order valence-electron chi connectivity index (χ0n) is 6.53. The van der Waals surface area contributed by atoms with Crippen LogP contribution in [0, 0.1) is 5.82 Å². The van der Waals surface area contributed by atoms with Crippen LogP contribution < -0.4 is 5.73 Å². The number of benzene rings is 1. The Kier molecular flexibility index (Phi) is 2.70. The van der Waals surface area contributed by atoms with Crippen molar-refractivity contribution in [1.82, 2.24) is 0 Å². The zero-order valence-corrected chi connectivity index (χ0v) is 7.35. The van der Waals surface area contributed by atoms with E-state index in [9.17, 15) is 4.39 Å². The van der Waals surface area contributed by atoms with Gasteiger partial charge in [-0.25, -0.2) is 4.39 Å². The molecule has 0 bridgehead atoms. The highest BCUT2D eigenvalue weighted by molar-refractivity contribution is 5.85. The van der Waals surface area contributed by atoms with E-state index in [1.807, 2.05) is 6.07 Å². The van der Waals surface area contributed by atoms with Crippen LogP contribution in [0.2, 0.25) is 0 Å². The van der Waals surface area contributed by atoms with Gasteiger partial charge in [-0.3, -0.25) is 0 Å². The maximum absolute atomic E-state index is 12.6. The third-order valence-electron chi connectivity index (χ3n) is 2.12. The molecule has 1 fully saturated rings. The number of rotatable bonds is 1. The monoisotopic (exact) mass is 187 g/mol. The van der Waals surface area contributed by atoms with E-state index in [4.69, 9.17) is 5.73 Å². The average molecular weight is 188 g/mol. The van der Waals surface area contributed by atoms with Crippen molar-refractivity contribution in [3.05, 3.63) is 35.6 Å². The highest BCUT2D eigenvalue weighted by Crippen LogP contribution is 2.38. The van der Waals surface area contributed by atoms with Gasteiger partial charge in [0, 0.05) is 12.0 Å². The zero-order chi connectivity index (χ0) is 7.84. The van der Waals surface area contributed by atoms with Crippen molar-refractivity contribution in [2.24, 2.45) is 5.73 Å². The predicted molar refractivity (Wildman–Crippen MR) is 49.0 cm³/mol. The van der Waals surface area contributed by atoms with Gasteiger partial charge in [0.2, 0.25) is 0 Å². The molecule has 0 amide bonds. The predicted octanol–water partition coefficient (Wildman–Crippen LogP) is 2.06. The smallest absolute Gasteiger partial charge is 0.123 e. The van der Waals surface area contributed by atoms with Crippen molar-refractivity contribution in [3.63, 3.8) is 0 Å². The van der Waals surface area contributed by atoms with Gasteiger partial charge in [0.05, 0.1) is 0 Å². The molecule has 1 nitrogen and oxygen atoms in total. The van der Waals surface area contributed by atoms with Crippen LogP contribution in [0.1, 0.15) is 17.9 Å². The Balaban J connectivity index is 0.000000720. The summed E-state index contributed by atoms with van der Waals surface area (Å²) in [7, 11) is 0. The lowest BCUT2D eigenvalue weighted by Crippen LogP contribution is -2.00. The minimum absolute atomic E-state index is 0. The minimum Gasteiger partial charge on any atom is -0.327 e. The fourth-order valence-corrected chi connectivity index (χ4v) is 1.34. The maximum atomic E-state index is 12.6. The highest BCUT2D eigenvalue weighted by atomic mass is 35.5. The van der Waals surface area contributed by atoms with E-state index in [0.29, 0.717) is 5.92 Å². The van der Waals surface area contributed by atoms with Gasteiger partial charge in [-0.15, -0.1) is 12.4 Å². The first-order valence-corrected chi connectivity index (χ1v) is 3.78. The van der Waals surface area contributed by atoms with Gasteiger partial charge in [-0.2, -0.15) is 0 Å². The van der Waals surface area contributed by atoms with E-state index >= 15 is 0 Å². The van der Waals surface area contributed by atoms with Crippen LogP contribution in [-0.2, 0) is 0 Å². The second-order valence-electron chi connectivity index (χ2n) is 3.06. The second kappa shape index (κ2) is 3.42. The fourth-order valence-electron chi connectivity index (χ4n) is 1.34. The van der Waals surface area contributed by atoms with Crippen LogP contribution in [0.5, 0.6) is 0 Å². The number of nitrogens with two attached hydrogens (primary N) is 1. The Morgan fingerprint density at radius 2 is 2.08 bits per heavy atom. The summed E-state index contributed by atoms with van der Waals surface area (Å²) in [4.78, 5) is 0.